The van der Waals surface area contributed by atoms with Crippen molar-refractivity contribution in [2.75, 3.05) is 11.9 Å². The number of halogens is 1. The predicted octanol–water partition coefficient (Wildman–Crippen LogP) is 6.52. The van der Waals surface area contributed by atoms with Crippen LogP contribution in [0.25, 0.3) is 6.08 Å². The Morgan fingerprint density at radius 3 is 2.68 bits per heavy atom. The van der Waals surface area contributed by atoms with Crippen LogP contribution in [0.15, 0.2) is 46.3 Å². The molecule has 0 spiro atoms. The molecule has 2 aromatic rings. The number of amides is 1. The SMILES string of the molecule is CCc1ccc(N=C2NC(=O)/C(=C\c3cc4c(cc3Cl)N(C)C(C)(C)CC4C)S2)cc1. The van der Waals surface area contributed by atoms with Crippen LogP contribution in [0.3, 0.4) is 0 Å². The number of fused-ring (bicyclic) bond motifs is 1. The monoisotopic (exact) mass is 453 g/mol. The maximum absolute atomic E-state index is 12.5. The fourth-order valence-corrected chi connectivity index (χ4v) is 5.31. The van der Waals surface area contributed by atoms with Crippen LogP contribution in [0, 0.1) is 0 Å². The normalized spacial score (nSPS) is 22.7. The van der Waals surface area contributed by atoms with Crippen molar-refractivity contribution in [2.24, 2.45) is 4.99 Å². The molecule has 1 atom stereocenters. The van der Waals surface area contributed by atoms with Crippen molar-refractivity contribution in [3.8, 4) is 0 Å². The van der Waals surface area contributed by atoms with E-state index in [1.54, 1.807) is 0 Å². The Balaban J connectivity index is 1.62. The highest BCUT2D eigenvalue weighted by molar-refractivity contribution is 8.18. The Kier molecular flexibility index (Phi) is 5.93. The summed E-state index contributed by atoms with van der Waals surface area (Å²) in [6.07, 6.45) is 3.93. The largest absolute Gasteiger partial charge is 0.369 e. The topological polar surface area (TPSA) is 44.7 Å². The number of hydrogen-bond donors (Lipinski definition) is 1. The maximum atomic E-state index is 12.5. The van der Waals surface area contributed by atoms with E-state index in [2.05, 4.69) is 68.2 Å². The minimum Gasteiger partial charge on any atom is -0.369 e. The van der Waals surface area contributed by atoms with E-state index in [9.17, 15) is 4.79 Å². The van der Waals surface area contributed by atoms with Crippen molar-refractivity contribution in [3.05, 3.63) is 63.0 Å². The molecule has 162 valence electrons. The average molecular weight is 454 g/mol. The molecule has 0 radical (unpaired) electrons. The Labute approximate surface area is 193 Å². The van der Waals surface area contributed by atoms with Crippen LogP contribution in [-0.4, -0.2) is 23.7 Å². The van der Waals surface area contributed by atoms with Crippen molar-refractivity contribution in [2.45, 2.75) is 52.0 Å². The third-order valence-electron chi connectivity index (χ3n) is 6.26. The molecular formula is C25H28ClN3OS. The van der Waals surface area contributed by atoms with Crippen molar-refractivity contribution < 1.29 is 4.79 Å². The van der Waals surface area contributed by atoms with Gasteiger partial charge in [-0.1, -0.05) is 37.6 Å². The smallest absolute Gasteiger partial charge is 0.264 e. The van der Waals surface area contributed by atoms with Crippen LogP contribution in [0.1, 0.15) is 56.7 Å². The number of aryl methyl sites for hydroxylation is 1. The molecule has 2 heterocycles. The van der Waals surface area contributed by atoms with Gasteiger partial charge in [-0.2, -0.15) is 0 Å². The van der Waals surface area contributed by atoms with Gasteiger partial charge in [-0.3, -0.25) is 4.79 Å². The first-order valence-electron chi connectivity index (χ1n) is 10.6. The highest BCUT2D eigenvalue weighted by atomic mass is 35.5. The molecule has 0 bridgehead atoms. The number of nitrogens with zero attached hydrogens (tertiary/aromatic N) is 2. The fourth-order valence-electron chi connectivity index (χ4n) is 4.26. The summed E-state index contributed by atoms with van der Waals surface area (Å²) in [6.45, 7) is 8.89. The molecule has 0 aliphatic carbocycles. The van der Waals surface area contributed by atoms with Crippen LogP contribution in [0.5, 0.6) is 0 Å². The van der Waals surface area contributed by atoms with Crippen molar-refractivity contribution >= 4 is 51.9 Å². The second-order valence-electron chi connectivity index (χ2n) is 8.91. The third-order valence-corrected chi connectivity index (χ3v) is 7.50. The van der Waals surface area contributed by atoms with Gasteiger partial charge in [0.2, 0.25) is 0 Å². The molecule has 1 saturated heterocycles. The van der Waals surface area contributed by atoms with E-state index in [4.69, 9.17) is 11.6 Å². The van der Waals surface area contributed by atoms with Crippen LogP contribution in [0.2, 0.25) is 5.02 Å². The van der Waals surface area contributed by atoms with Gasteiger partial charge in [0.05, 0.1) is 10.6 Å². The summed E-state index contributed by atoms with van der Waals surface area (Å²) in [7, 11) is 2.12. The molecule has 0 aromatic heterocycles. The van der Waals surface area contributed by atoms with Crippen molar-refractivity contribution in [3.63, 3.8) is 0 Å². The van der Waals surface area contributed by atoms with Crippen LogP contribution >= 0.6 is 23.4 Å². The van der Waals surface area contributed by atoms with Gasteiger partial charge < -0.3 is 10.2 Å². The molecule has 1 unspecified atom stereocenters. The lowest BCUT2D eigenvalue weighted by Gasteiger charge is -2.45. The zero-order chi connectivity index (χ0) is 22.3. The second kappa shape index (κ2) is 8.36. The Bertz CT molecular complexity index is 1090. The molecule has 31 heavy (non-hydrogen) atoms. The fraction of sp³-hybridized carbons (Fsp3) is 0.360. The first kappa shape index (κ1) is 22.0. The minimum absolute atomic E-state index is 0.0810. The molecule has 6 heteroatoms. The van der Waals surface area contributed by atoms with Gasteiger partial charge >= 0.3 is 0 Å². The summed E-state index contributed by atoms with van der Waals surface area (Å²) in [5.41, 5.74) is 5.47. The van der Waals surface area contributed by atoms with E-state index in [1.807, 2.05) is 24.3 Å². The number of anilines is 1. The van der Waals surface area contributed by atoms with Crippen LogP contribution in [-0.2, 0) is 11.2 Å². The molecule has 1 amide bonds. The molecule has 2 aromatic carbocycles. The number of hydrogen-bond acceptors (Lipinski definition) is 4. The van der Waals surface area contributed by atoms with Gasteiger partial charge in [-0.05, 0) is 91.4 Å². The zero-order valence-electron chi connectivity index (χ0n) is 18.6. The Hall–Kier alpha value is -2.24. The molecule has 2 aliphatic rings. The summed E-state index contributed by atoms with van der Waals surface area (Å²) in [6, 6.07) is 12.2. The van der Waals surface area contributed by atoms with Gasteiger partial charge in [-0.25, -0.2) is 4.99 Å². The Morgan fingerprint density at radius 2 is 2.00 bits per heavy atom. The summed E-state index contributed by atoms with van der Waals surface area (Å²) in [4.78, 5) is 20.0. The predicted molar refractivity (Wildman–Crippen MR) is 134 cm³/mol. The zero-order valence-corrected chi connectivity index (χ0v) is 20.2. The third kappa shape index (κ3) is 4.39. The molecule has 2 aliphatic heterocycles. The summed E-state index contributed by atoms with van der Waals surface area (Å²) in [5.74, 6) is 0.276. The minimum atomic E-state index is -0.144. The van der Waals surface area contributed by atoms with E-state index in [1.165, 1.54) is 22.9 Å². The lowest BCUT2D eigenvalue weighted by Crippen LogP contribution is -2.45. The lowest BCUT2D eigenvalue weighted by molar-refractivity contribution is -0.115. The number of benzene rings is 2. The summed E-state index contributed by atoms with van der Waals surface area (Å²) >= 11 is 7.99. The number of amidine groups is 1. The number of carbonyl (C=O) groups is 1. The van der Waals surface area contributed by atoms with Gasteiger partial charge in [0, 0.05) is 23.3 Å². The van der Waals surface area contributed by atoms with E-state index in [-0.39, 0.29) is 11.4 Å². The number of carbonyl (C=O) groups excluding carboxylic acids is 1. The Morgan fingerprint density at radius 1 is 1.29 bits per heavy atom. The second-order valence-corrected chi connectivity index (χ2v) is 10.3. The maximum Gasteiger partial charge on any atom is 0.264 e. The number of rotatable bonds is 3. The van der Waals surface area contributed by atoms with Gasteiger partial charge in [0.25, 0.3) is 5.91 Å². The van der Waals surface area contributed by atoms with Crippen LogP contribution in [0.4, 0.5) is 11.4 Å². The first-order chi connectivity index (χ1) is 14.7. The molecule has 4 rings (SSSR count). The first-order valence-corrected chi connectivity index (χ1v) is 11.8. The van der Waals surface area contributed by atoms with E-state index >= 15 is 0 Å². The quantitative estimate of drug-likeness (QED) is 0.538. The number of thioether (sulfide) groups is 1. The van der Waals surface area contributed by atoms with Gasteiger partial charge in [-0.15, -0.1) is 0 Å². The summed E-state index contributed by atoms with van der Waals surface area (Å²) < 4.78 is 0. The molecule has 4 nitrogen and oxygen atoms in total. The van der Waals surface area contributed by atoms with E-state index in [0.717, 1.165) is 29.8 Å². The van der Waals surface area contributed by atoms with E-state index < -0.39 is 0 Å². The molecule has 1 fully saturated rings. The van der Waals surface area contributed by atoms with Crippen molar-refractivity contribution in [1.29, 1.82) is 0 Å². The highest BCUT2D eigenvalue weighted by Gasteiger charge is 2.34. The van der Waals surface area contributed by atoms with Crippen molar-refractivity contribution in [1.82, 2.24) is 5.32 Å². The van der Waals surface area contributed by atoms with E-state index in [0.29, 0.717) is 21.0 Å². The molecule has 1 N–H and O–H groups in total. The molecular weight excluding hydrogens is 426 g/mol. The summed E-state index contributed by atoms with van der Waals surface area (Å²) in [5, 5.41) is 4.10. The van der Waals surface area contributed by atoms with Gasteiger partial charge in [0.15, 0.2) is 5.17 Å². The molecule has 0 saturated carbocycles. The average Bonchev–Trinajstić information content (AvgIpc) is 3.06. The number of nitrogens with one attached hydrogen (secondary N) is 1. The highest BCUT2D eigenvalue weighted by Crippen LogP contribution is 2.45. The standard InChI is InChI=1S/C25H28ClN3OS/c1-6-16-7-9-18(10-8-16)27-24-28-23(30)22(31-24)12-17-11-19-15(2)14-25(3,4)29(5)21(19)13-20(17)26/h7-13,15H,6,14H2,1-5H3,(H,27,28,30)/b22-12+. The van der Waals surface area contributed by atoms with Gasteiger partial charge in [0.1, 0.15) is 0 Å². The lowest BCUT2D eigenvalue weighted by atomic mass is 9.80. The van der Waals surface area contributed by atoms with Crippen LogP contribution < -0.4 is 10.2 Å². The number of aliphatic imine (C=N–C) groups is 1.